The van der Waals surface area contributed by atoms with E-state index in [0.717, 1.165) is 17.1 Å². The highest BCUT2D eigenvalue weighted by Gasteiger charge is 2.06. The molecule has 88 valence electrons. The fourth-order valence-electron chi connectivity index (χ4n) is 1.70. The molecule has 1 atom stereocenters. The highest BCUT2D eigenvalue weighted by Crippen LogP contribution is 2.18. The summed E-state index contributed by atoms with van der Waals surface area (Å²) < 4.78 is 13.1. The Bertz CT molecular complexity index is 511. The van der Waals surface area contributed by atoms with Gasteiger partial charge in [0.2, 0.25) is 0 Å². The maximum Gasteiger partial charge on any atom is 0.126 e. The van der Waals surface area contributed by atoms with Crippen molar-refractivity contribution in [2.45, 2.75) is 19.9 Å². The molecule has 3 heteroatoms. The van der Waals surface area contributed by atoms with E-state index in [1.165, 1.54) is 12.1 Å². The molecule has 0 amide bonds. The number of hydrogen-bond donors (Lipinski definition) is 1. The van der Waals surface area contributed by atoms with Gasteiger partial charge in [-0.1, -0.05) is 18.2 Å². The summed E-state index contributed by atoms with van der Waals surface area (Å²) in [6.45, 7) is 3.93. The number of aromatic nitrogens is 1. The Balaban J connectivity index is 2.14. The molecular formula is C14H15FN2. The molecule has 1 aromatic carbocycles. The summed E-state index contributed by atoms with van der Waals surface area (Å²) in [7, 11) is 0. The first-order valence-corrected chi connectivity index (χ1v) is 5.61. The van der Waals surface area contributed by atoms with E-state index in [-0.39, 0.29) is 11.9 Å². The van der Waals surface area contributed by atoms with E-state index in [0.29, 0.717) is 0 Å². The standard InChI is InChI=1S/C14H15FN2/c1-10-5-3-8-14(16-10)17-11(2)12-6-4-7-13(15)9-12/h3-9,11H,1-2H3,(H,16,17). The second-order valence-electron chi connectivity index (χ2n) is 4.09. The van der Waals surface area contributed by atoms with Gasteiger partial charge in [-0.25, -0.2) is 9.37 Å². The van der Waals surface area contributed by atoms with Crippen molar-refractivity contribution in [2.24, 2.45) is 0 Å². The third kappa shape index (κ3) is 3.03. The summed E-state index contributed by atoms with van der Waals surface area (Å²) in [4.78, 5) is 4.36. The van der Waals surface area contributed by atoms with Crippen LogP contribution in [0.3, 0.4) is 0 Å². The quantitative estimate of drug-likeness (QED) is 0.869. The van der Waals surface area contributed by atoms with Crippen LogP contribution in [0.4, 0.5) is 10.2 Å². The highest BCUT2D eigenvalue weighted by molar-refractivity contribution is 5.38. The number of pyridine rings is 1. The Hall–Kier alpha value is -1.90. The van der Waals surface area contributed by atoms with Crippen molar-refractivity contribution in [1.29, 1.82) is 0 Å². The Morgan fingerprint density at radius 1 is 1.18 bits per heavy atom. The van der Waals surface area contributed by atoms with Crippen molar-refractivity contribution in [3.8, 4) is 0 Å². The zero-order chi connectivity index (χ0) is 12.3. The van der Waals surface area contributed by atoms with Crippen molar-refractivity contribution >= 4 is 5.82 Å². The summed E-state index contributed by atoms with van der Waals surface area (Å²) in [6.07, 6.45) is 0. The van der Waals surface area contributed by atoms with E-state index in [2.05, 4.69) is 10.3 Å². The normalized spacial score (nSPS) is 12.2. The van der Waals surface area contributed by atoms with Gasteiger partial charge in [0, 0.05) is 5.69 Å². The van der Waals surface area contributed by atoms with Crippen LogP contribution in [0, 0.1) is 12.7 Å². The summed E-state index contributed by atoms with van der Waals surface area (Å²) in [6, 6.07) is 12.4. The second-order valence-corrected chi connectivity index (χ2v) is 4.09. The number of rotatable bonds is 3. The fourth-order valence-corrected chi connectivity index (χ4v) is 1.70. The predicted octanol–water partition coefficient (Wildman–Crippen LogP) is 3.70. The van der Waals surface area contributed by atoms with Crippen molar-refractivity contribution in [2.75, 3.05) is 5.32 Å². The Kier molecular flexibility index (Phi) is 3.38. The largest absolute Gasteiger partial charge is 0.364 e. The van der Waals surface area contributed by atoms with Crippen LogP contribution in [0.1, 0.15) is 24.2 Å². The van der Waals surface area contributed by atoms with Gasteiger partial charge < -0.3 is 5.32 Å². The minimum atomic E-state index is -0.214. The lowest BCUT2D eigenvalue weighted by atomic mass is 10.1. The first-order chi connectivity index (χ1) is 8.15. The molecule has 2 nitrogen and oxygen atoms in total. The predicted molar refractivity (Wildman–Crippen MR) is 67.4 cm³/mol. The zero-order valence-corrected chi connectivity index (χ0v) is 9.94. The number of halogens is 1. The molecule has 0 aliphatic rings. The van der Waals surface area contributed by atoms with Crippen LogP contribution in [0.15, 0.2) is 42.5 Å². The SMILES string of the molecule is Cc1cccc(NC(C)c2cccc(F)c2)n1. The minimum absolute atomic E-state index is 0.0278. The average molecular weight is 230 g/mol. The maximum atomic E-state index is 13.1. The van der Waals surface area contributed by atoms with Crippen LogP contribution in [0.25, 0.3) is 0 Å². The lowest BCUT2D eigenvalue weighted by Crippen LogP contribution is -2.08. The monoisotopic (exact) mass is 230 g/mol. The molecular weight excluding hydrogens is 215 g/mol. The molecule has 1 N–H and O–H groups in total. The van der Waals surface area contributed by atoms with E-state index < -0.39 is 0 Å². The van der Waals surface area contributed by atoms with Crippen molar-refractivity contribution in [3.05, 3.63) is 59.5 Å². The second kappa shape index (κ2) is 4.95. The van der Waals surface area contributed by atoms with Crippen LogP contribution < -0.4 is 5.32 Å². The number of aryl methyl sites for hydroxylation is 1. The van der Waals surface area contributed by atoms with Crippen LogP contribution in [0.5, 0.6) is 0 Å². The van der Waals surface area contributed by atoms with Gasteiger partial charge in [0.25, 0.3) is 0 Å². The lowest BCUT2D eigenvalue weighted by molar-refractivity contribution is 0.623. The topological polar surface area (TPSA) is 24.9 Å². The molecule has 17 heavy (non-hydrogen) atoms. The van der Waals surface area contributed by atoms with E-state index >= 15 is 0 Å². The third-order valence-electron chi connectivity index (χ3n) is 2.60. The van der Waals surface area contributed by atoms with Gasteiger partial charge in [-0.05, 0) is 43.7 Å². The minimum Gasteiger partial charge on any atom is -0.364 e. The summed E-state index contributed by atoms with van der Waals surface area (Å²) in [5, 5.41) is 3.25. The molecule has 1 aromatic heterocycles. The first kappa shape index (κ1) is 11.6. The lowest BCUT2D eigenvalue weighted by Gasteiger charge is -2.15. The number of hydrogen-bond acceptors (Lipinski definition) is 2. The third-order valence-corrected chi connectivity index (χ3v) is 2.60. The summed E-state index contributed by atoms with van der Waals surface area (Å²) in [5.41, 5.74) is 1.87. The number of nitrogens with one attached hydrogen (secondary N) is 1. The molecule has 1 heterocycles. The van der Waals surface area contributed by atoms with Crippen LogP contribution in [-0.2, 0) is 0 Å². The maximum absolute atomic E-state index is 13.1. The van der Waals surface area contributed by atoms with E-state index in [4.69, 9.17) is 0 Å². The van der Waals surface area contributed by atoms with Crippen molar-refractivity contribution in [1.82, 2.24) is 4.98 Å². The van der Waals surface area contributed by atoms with Crippen LogP contribution in [-0.4, -0.2) is 4.98 Å². The van der Waals surface area contributed by atoms with Gasteiger partial charge in [0.05, 0.1) is 6.04 Å². The van der Waals surface area contributed by atoms with Gasteiger partial charge in [-0.15, -0.1) is 0 Å². The summed E-state index contributed by atoms with van der Waals surface area (Å²) in [5.74, 6) is 0.593. The molecule has 0 radical (unpaired) electrons. The van der Waals surface area contributed by atoms with Gasteiger partial charge >= 0.3 is 0 Å². The molecule has 0 saturated carbocycles. The van der Waals surface area contributed by atoms with Crippen molar-refractivity contribution < 1.29 is 4.39 Å². The molecule has 0 aliphatic heterocycles. The van der Waals surface area contributed by atoms with Crippen molar-refractivity contribution in [3.63, 3.8) is 0 Å². The van der Waals surface area contributed by atoms with E-state index in [1.54, 1.807) is 6.07 Å². The first-order valence-electron chi connectivity index (χ1n) is 5.61. The molecule has 2 rings (SSSR count). The molecule has 0 aliphatic carbocycles. The van der Waals surface area contributed by atoms with Crippen LogP contribution >= 0.6 is 0 Å². The molecule has 1 unspecified atom stereocenters. The van der Waals surface area contributed by atoms with E-state index in [1.807, 2.05) is 38.1 Å². The Morgan fingerprint density at radius 3 is 2.65 bits per heavy atom. The van der Waals surface area contributed by atoms with Gasteiger partial charge in [0.15, 0.2) is 0 Å². The average Bonchev–Trinajstić information content (AvgIpc) is 2.29. The smallest absolute Gasteiger partial charge is 0.126 e. The molecule has 0 bridgehead atoms. The Labute approximate surface area is 101 Å². The van der Waals surface area contributed by atoms with Gasteiger partial charge in [0.1, 0.15) is 11.6 Å². The zero-order valence-electron chi connectivity index (χ0n) is 9.94. The number of nitrogens with zero attached hydrogens (tertiary/aromatic N) is 1. The van der Waals surface area contributed by atoms with Gasteiger partial charge in [-0.2, -0.15) is 0 Å². The van der Waals surface area contributed by atoms with Crippen LogP contribution in [0.2, 0.25) is 0 Å². The van der Waals surface area contributed by atoms with E-state index in [9.17, 15) is 4.39 Å². The molecule has 0 saturated heterocycles. The molecule has 0 spiro atoms. The molecule has 0 fully saturated rings. The summed E-state index contributed by atoms with van der Waals surface area (Å²) >= 11 is 0. The number of anilines is 1. The fraction of sp³-hybridized carbons (Fsp3) is 0.214. The Morgan fingerprint density at radius 2 is 1.94 bits per heavy atom. The number of benzene rings is 1. The van der Waals surface area contributed by atoms with Gasteiger partial charge in [-0.3, -0.25) is 0 Å². The molecule has 2 aromatic rings. The highest BCUT2D eigenvalue weighted by atomic mass is 19.1.